The lowest BCUT2D eigenvalue weighted by molar-refractivity contribution is 0.167. The van der Waals surface area contributed by atoms with E-state index in [9.17, 15) is 5.11 Å². The SMILES string of the molecule is CCC(O)CNCc1ccc(Cl)cc1. The molecule has 1 atom stereocenters. The van der Waals surface area contributed by atoms with Gasteiger partial charge < -0.3 is 10.4 Å². The van der Waals surface area contributed by atoms with E-state index >= 15 is 0 Å². The maximum absolute atomic E-state index is 9.30. The summed E-state index contributed by atoms with van der Waals surface area (Å²) in [5.74, 6) is 0. The van der Waals surface area contributed by atoms with Crippen molar-refractivity contribution in [1.29, 1.82) is 0 Å². The lowest BCUT2D eigenvalue weighted by atomic mass is 10.2. The Balaban J connectivity index is 2.28. The first-order valence-corrected chi connectivity index (χ1v) is 5.23. The highest BCUT2D eigenvalue weighted by Gasteiger charge is 1.99. The van der Waals surface area contributed by atoms with E-state index in [4.69, 9.17) is 11.6 Å². The van der Waals surface area contributed by atoms with Crippen LogP contribution in [0.15, 0.2) is 24.3 Å². The molecular weight excluding hydrogens is 198 g/mol. The molecule has 3 heteroatoms. The zero-order valence-electron chi connectivity index (χ0n) is 8.33. The van der Waals surface area contributed by atoms with Crippen LogP contribution in [-0.4, -0.2) is 17.8 Å². The zero-order valence-corrected chi connectivity index (χ0v) is 9.09. The molecule has 0 aliphatic rings. The summed E-state index contributed by atoms with van der Waals surface area (Å²) in [6.07, 6.45) is 0.537. The lowest BCUT2D eigenvalue weighted by Crippen LogP contribution is -2.25. The van der Waals surface area contributed by atoms with Crippen molar-refractivity contribution in [3.8, 4) is 0 Å². The molecule has 0 amide bonds. The highest BCUT2D eigenvalue weighted by molar-refractivity contribution is 6.30. The van der Waals surface area contributed by atoms with Gasteiger partial charge in [0.2, 0.25) is 0 Å². The van der Waals surface area contributed by atoms with Crippen molar-refractivity contribution in [3.63, 3.8) is 0 Å². The number of nitrogens with one attached hydrogen (secondary N) is 1. The quantitative estimate of drug-likeness (QED) is 0.786. The maximum atomic E-state index is 9.30. The zero-order chi connectivity index (χ0) is 10.4. The molecule has 2 N–H and O–H groups in total. The van der Waals surface area contributed by atoms with Crippen LogP contribution in [0, 0.1) is 0 Å². The van der Waals surface area contributed by atoms with Crippen molar-refractivity contribution in [2.45, 2.75) is 26.0 Å². The summed E-state index contributed by atoms with van der Waals surface area (Å²) >= 11 is 5.76. The highest BCUT2D eigenvalue weighted by atomic mass is 35.5. The fourth-order valence-corrected chi connectivity index (χ4v) is 1.26. The van der Waals surface area contributed by atoms with Crippen molar-refractivity contribution in [1.82, 2.24) is 5.32 Å². The molecule has 0 saturated heterocycles. The topological polar surface area (TPSA) is 32.3 Å². The third-order valence-corrected chi connectivity index (χ3v) is 2.35. The van der Waals surface area contributed by atoms with Gasteiger partial charge in [-0.3, -0.25) is 0 Å². The molecule has 0 aliphatic carbocycles. The average Bonchev–Trinajstić information content (AvgIpc) is 2.21. The van der Waals surface area contributed by atoms with Crippen LogP contribution in [0.5, 0.6) is 0 Å². The normalized spacial score (nSPS) is 12.8. The van der Waals surface area contributed by atoms with Crippen molar-refractivity contribution in [2.24, 2.45) is 0 Å². The lowest BCUT2D eigenvalue weighted by Gasteiger charge is -2.09. The molecule has 0 radical (unpaired) electrons. The minimum absolute atomic E-state index is 0.248. The number of rotatable bonds is 5. The molecule has 1 rings (SSSR count). The van der Waals surface area contributed by atoms with Gasteiger partial charge in [-0.2, -0.15) is 0 Å². The average molecular weight is 214 g/mol. The minimum atomic E-state index is -0.248. The summed E-state index contributed by atoms with van der Waals surface area (Å²) in [7, 11) is 0. The minimum Gasteiger partial charge on any atom is -0.392 e. The first-order chi connectivity index (χ1) is 6.72. The summed E-state index contributed by atoms with van der Waals surface area (Å²) in [4.78, 5) is 0. The number of hydrogen-bond donors (Lipinski definition) is 2. The van der Waals surface area contributed by atoms with Crippen LogP contribution in [0.25, 0.3) is 0 Å². The van der Waals surface area contributed by atoms with E-state index < -0.39 is 0 Å². The smallest absolute Gasteiger partial charge is 0.0662 e. The number of benzene rings is 1. The summed E-state index contributed by atoms with van der Waals surface area (Å²) in [5, 5.41) is 13.2. The Labute approximate surface area is 89.9 Å². The van der Waals surface area contributed by atoms with Gasteiger partial charge in [0.15, 0.2) is 0 Å². The Bertz CT molecular complexity index is 260. The van der Waals surface area contributed by atoms with E-state index in [2.05, 4.69) is 5.32 Å². The van der Waals surface area contributed by atoms with Crippen molar-refractivity contribution in [2.75, 3.05) is 6.54 Å². The molecule has 1 aromatic rings. The van der Waals surface area contributed by atoms with Gasteiger partial charge in [-0.05, 0) is 24.1 Å². The molecule has 2 nitrogen and oxygen atoms in total. The van der Waals surface area contributed by atoms with Crippen LogP contribution < -0.4 is 5.32 Å². The Morgan fingerprint density at radius 3 is 2.57 bits per heavy atom. The molecule has 0 fully saturated rings. The third kappa shape index (κ3) is 4.09. The molecule has 78 valence electrons. The molecule has 0 heterocycles. The van der Waals surface area contributed by atoms with Gasteiger partial charge in [-0.25, -0.2) is 0 Å². The Morgan fingerprint density at radius 2 is 2.00 bits per heavy atom. The van der Waals surface area contributed by atoms with Gasteiger partial charge in [0.25, 0.3) is 0 Å². The molecule has 0 aliphatic heterocycles. The maximum Gasteiger partial charge on any atom is 0.0662 e. The first kappa shape index (κ1) is 11.5. The number of aliphatic hydroxyl groups excluding tert-OH is 1. The largest absolute Gasteiger partial charge is 0.392 e. The predicted molar refractivity (Wildman–Crippen MR) is 59.5 cm³/mol. The Kier molecular flexibility index (Phi) is 4.94. The third-order valence-electron chi connectivity index (χ3n) is 2.09. The number of halogens is 1. The second kappa shape index (κ2) is 6.02. The first-order valence-electron chi connectivity index (χ1n) is 4.85. The standard InChI is InChI=1S/C11H16ClNO/c1-2-11(14)8-13-7-9-3-5-10(12)6-4-9/h3-6,11,13-14H,2,7-8H2,1H3. The van der Waals surface area contributed by atoms with Crippen molar-refractivity contribution < 1.29 is 5.11 Å². The molecule has 0 bridgehead atoms. The van der Waals surface area contributed by atoms with Gasteiger partial charge in [0.1, 0.15) is 0 Å². The Morgan fingerprint density at radius 1 is 1.36 bits per heavy atom. The van der Waals surface area contributed by atoms with Gasteiger partial charge >= 0.3 is 0 Å². The second-order valence-electron chi connectivity index (χ2n) is 3.32. The van der Waals surface area contributed by atoms with E-state index in [-0.39, 0.29) is 6.10 Å². The van der Waals surface area contributed by atoms with Crippen molar-refractivity contribution in [3.05, 3.63) is 34.9 Å². The van der Waals surface area contributed by atoms with Gasteiger partial charge in [-0.1, -0.05) is 30.7 Å². The van der Waals surface area contributed by atoms with Crippen LogP contribution in [-0.2, 0) is 6.54 Å². The summed E-state index contributed by atoms with van der Waals surface area (Å²) in [6.45, 7) is 3.38. The second-order valence-corrected chi connectivity index (χ2v) is 3.76. The number of hydrogen-bond acceptors (Lipinski definition) is 2. The molecule has 0 spiro atoms. The molecule has 14 heavy (non-hydrogen) atoms. The molecular formula is C11H16ClNO. The monoisotopic (exact) mass is 213 g/mol. The fraction of sp³-hybridized carbons (Fsp3) is 0.455. The molecule has 0 aromatic heterocycles. The summed E-state index contributed by atoms with van der Waals surface area (Å²) in [5.41, 5.74) is 1.18. The summed E-state index contributed by atoms with van der Waals surface area (Å²) < 4.78 is 0. The molecule has 1 aromatic carbocycles. The van der Waals surface area contributed by atoms with Crippen LogP contribution in [0.2, 0.25) is 5.02 Å². The van der Waals surface area contributed by atoms with Crippen LogP contribution >= 0.6 is 11.6 Å². The molecule has 1 unspecified atom stereocenters. The molecule has 0 saturated carbocycles. The van der Waals surface area contributed by atoms with E-state index in [1.807, 2.05) is 31.2 Å². The van der Waals surface area contributed by atoms with E-state index in [1.165, 1.54) is 5.56 Å². The van der Waals surface area contributed by atoms with Gasteiger partial charge in [0.05, 0.1) is 6.10 Å². The fourth-order valence-electron chi connectivity index (χ4n) is 1.13. The van der Waals surface area contributed by atoms with Crippen molar-refractivity contribution >= 4 is 11.6 Å². The van der Waals surface area contributed by atoms with Crippen LogP contribution in [0.1, 0.15) is 18.9 Å². The van der Waals surface area contributed by atoms with E-state index in [0.717, 1.165) is 18.0 Å². The van der Waals surface area contributed by atoms with Gasteiger partial charge in [0, 0.05) is 18.1 Å². The Hall–Kier alpha value is -0.570. The van der Waals surface area contributed by atoms with Crippen LogP contribution in [0.4, 0.5) is 0 Å². The van der Waals surface area contributed by atoms with E-state index in [0.29, 0.717) is 6.54 Å². The predicted octanol–water partition coefficient (Wildman–Crippen LogP) is 2.20. The number of aliphatic hydroxyl groups is 1. The van der Waals surface area contributed by atoms with E-state index in [1.54, 1.807) is 0 Å². The highest BCUT2D eigenvalue weighted by Crippen LogP contribution is 2.08. The van der Waals surface area contributed by atoms with Gasteiger partial charge in [-0.15, -0.1) is 0 Å². The summed E-state index contributed by atoms with van der Waals surface area (Å²) in [6, 6.07) is 7.70. The van der Waals surface area contributed by atoms with Crippen LogP contribution in [0.3, 0.4) is 0 Å².